The first-order valence-electron chi connectivity index (χ1n) is 4.64. The van der Waals surface area contributed by atoms with Crippen LogP contribution in [0.5, 0.6) is 0 Å². The molecule has 0 aliphatic carbocycles. The molecule has 1 aromatic rings. The van der Waals surface area contributed by atoms with E-state index in [0.29, 0.717) is 6.42 Å². The van der Waals surface area contributed by atoms with Crippen LogP contribution in [0.1, 0.15) is 18.4 Å². The summed E-state index contributed by atoms with van der Waals surface area (Å²) < 4.78 is 33.7. The van der Waals surface area contributed by atoms with Crippen LogP contribution in [0.25, 0.3) is 0 Å². The zero-order chi connectivity index (χ0) is 11.3. The van der Waals surface area contributed by atoms with Gasteiger partial charge in [0, 0.05) is 10.7 Å². The number of rotatable bonds is 5. The van der Waals surface area contributed by atoms with Gasteiger partial charge in [0.15, 0.2) is 0 Å². The Labute approximate surface area is 93.5 Å². The Bertz CT molecular complexity index is 400. The lowest BCUT2D eigenvalue weighted by Gasteiger charge is -2.00. The number of hydrogen-bond acceptors (Lipinski definition) is 2. The average molecular weight is 251 g/mol. The third-order valence-electron chi connectivity index (χ3n) is 2.02. The van der Waals surface area contributed by atoms with Crippen molar-refractivity contribution < 1.29 is 12.8 Å². The van der Waals surface area contributed by atoms with Crippen LogP contribution >= 0.6 is 10.7 Å². The van der Waals surface area contributed by atoms with Crippen molar-refractivity contribution >= 4 is 19.7 Å². The van der Waals surface area contributed by atoms with Crippen LogP contribution in [-0.2, 0) is 15.5 Å². The van der Waals surface area contributed by atoms with E-state index in [1.54, 1.807) is 12.1 Å². The average Bonchev–Trinajstić information content (AvgIpc) is 2.14. The van der Waals surface area contributed by atoms with Gasteiger partial charge in [0.05, 0.1) is 5.75 Å². The lowest BCUT2D eigenvalue weighted by atomic mass is 10.1. The molecular formula is C10H12ClFO2S. The van der Waals surface area contributed by atoms with Crippen LogP contribution < -0.4 is 0 Å². The first-order chi connectivity index (χ1) is 6.97. The third-order valence-corrected chi connectivity index (χ3v) is 3.26. The van der Waals surface area contributed by atoms with Gasteiger partial charge in [-0.1, -0.05) is 12.1 Å². The predicted octanol–water partition coefficient (Wildman–Crippen LogP) is 2.72. The third kappa shape index (κ3) is 5.74. The molecule has 2 nitrogen and oxygen atoms in total. The van der Waals surface area contributed by atoms with E-state index in [-0.39, 0.29) is 11.6 Å². The van der Waals surface area contributed by atoms with Crippen molar-refractivity contribution in [3.63, 3.8) is 0 Å². The van der Waals surface area contributed by atoms with E-state index in [0.717, 1.165) is 18.4 Å². The Kier molecular flexibility index (Phi) is 4.54. The molecular weight excluding hydrogens is 239 g/mol. The summed E-state index contributed by atoms with van der Waals surface area (Å²) in [5.41, 5.74) is 1.00. The lowest BCUT2D eigenvalue weighted by Crippen LogP contribution is -1.97. The molecule has 0 N–H and O–H groups in total. The largest absolute Gasteiger partial charge is 0.232 e. The molecule has 0 bridgehead atoms. The van der Waals surface area contributed by atoms with E-state index in [4.69, 9.17) is 10.7 Å². The summed E-state index contributed by atoms with van der Waals surface area (Å²) in [4.78, 5) is 0. The van der Waals surface area contributed by atoms with Crippen LogP contribution in [0.3, 0.4) is 0 Å². The van der Waals surface area contributed by atoms with Crippen LogP contribution in [0, 0.1) is 5.82 Å². The van der Waals surface area contributed by atoms with E-state index >= 15 is 0 Å². The molecule has 15 heavy (non-hydrogen) atoms. The van der Waals surface area contributed by atoms with Crippen molar-refractivity contribution in [2.75, 3.05) is 5.75 Å². The molecule has 1 rings (SSSR count). The number of hydrogen-bond donors (Lipinski definition) is 0. The Morgan fingerprint density at radius 1 is 1.13 bits per heavy atom. The molecule has 0 saturated heterocycles. The maximum absolute atomic E-state index is 12.5. The van der Waals surface area contributed by atoms with Crippen molar-refractivity contribution in [2.45, 2.75) is 19.3 Å². The van der Waals surface area contributed by atoms with E-state index in [9.17, 15) is 12.8 Å². The van der Waals surface area contributed by atoms with Crippen LogP contribution in [0.4, 0.5) is 4.39 Å². The molecule has 0 atom stereocenters. The monoisotopic (exact) mass is 250 g/mol. The number of aryl methyl sites for hydroxylation is 1. The molecule has 0 heterocycles. The first-order valence-corrected chi connectivity index (χ1v) is 7.12. The van der Waals surface area contributed by atoms with Crippen molar-refractivity contribution in [1.29, 1.82) is 0 Å². The second kappa shape index (κ2) is 5.47. The molecule has 0 unspecified atom stereocenters. The maximum Gasteiger partial charge on any atom is 0.232 e. The molecule has 0 aliphatic rings. The van der Waals surface area contributed by atoms with Crippen LogP contribution in [0.2, 0.25) is 0 Å². The minimum atomic E-state index is -3.37. The number of benzene rings is 1. The molecule has 1 aromatic carbocycles. The second-order valence-electron chi connectivity index (χ2n) is 3.33. The summed E-state index contributed by atoms with van der Waals surface area (Å²) >= 11 is 0. The summed E-state index contributed by atoms with van der Waals surface area (Å²) in [5, 5.41) is 0. The van der Waals surface area contributed by atoms with Crippen LogP contribution in [-0.4, -0.2) is 14.2 Å². The fourth-order valence-corrected chi connectivity index (χ4v) is 2.13. The minimum absolute atomic E-state index is 0.00422. The van der Waals surface area contributed by atoms with Gasteiger partial charge in [-0.2, -0.15) is 0 Å². The Hall–Kier alpha value is -0.610. The topological polar surface area (TPSA) is 34.1 Å². The number of halogens is 2. The Morgan fingerprint density at radius 2 is 1.73 bits per heavy atom. The fraction of sp³-hybridized carbons (Fsp3) is 0.400. The molecule has 0 spiro atoms. The van der Waals surface area contributed by atoms with Gasteiger partial charge >= 0.3 is 0 Å². The minimum Gasteiger partial charge on any atom is -0.212 e. The highest BCUT2D eigenvalue weighted by molar-refractivity contribution is 8.13. The molecule has 5 heteroatoms. The highest BCUT2D eigenvalue weighted by Crippen LogP contribution is 2.08. The first kappa shape index (κ1) is 12.5. The van der Waals surface area contributed by atoms with Gasteiger partial charge in [-0.3, -0.25) is 0 Å². The quantitative estimate of drug-likeness (QED) is 0.595. The van der Waals surface area contributed by atoms with Gasteiger partial charge in [-0.25, -0.2) is 12.8 Å². The molecule has 0 amide bonds. The summed E-state index contributed by atoms with van der Waals surface area (Å²) in [6.07, 6.45) is 2.01. The van der Waals surface area contributed by atoms with Crippen molar-refractivity contribution in [3.05, 3.63) is 35.6 Å². The summed E-state index contributed by atoms with van der Waals surface area (Å²) in [7, 11) is 1.69. The van der Waals surface area contributed by atoms with Gasteiger partial charge in [-0.05, 0) is 37.0 Å². The fourth-order valence-electron chi connectivity index (χ4n) is 1.25. The van der Waals surface area contributed by atoms with E-state index in [2.05, 4.69) is 0 Å². The summed E-state index contributed by atoms with van der Waals surface area (Å²) in [6, 6.07) is 6.19. The zero-order valence-corrected chi connectivity index (χ0v) is 9.69. The zero-order valence-electron chi connectivity index (χ0n) is 8.12. The predicted molar refractivity (Wildman–Crippen MR) is 59.0 cm³/mol. The highest BCUT2D eigenvalue weighted by atomic mass is 35.7. The lowest BCUT2D eigenvalue weighted by molar-refractivity contribution is 0.605. The van der Waals surface area contributed by atoms with Gasteiger partial charge < -0.3 is 0 Å². The molecule has 84 valence electrons. The maximum atomic E-state index is 12.5. The van der Waals surface area contributed by atoms with E-state index in [1.807, 2.05) is 0 Å². The van der Waals surface area contributed by atoms with Gasteiger partial charge in [0.1, 0.15) is 5.82 Å². The van der Waals surface area contributed by atoms with Gasteiger partial charge in [-0.15, -0.1) is 0 Å². The van der Waals surface area contributed by atoms with Crippen molar-refractivity contribution in [3.8, 4) is 0 Å². The van der Waals surface area contributed by atoms with Crippen LogP contribution in [0.15, 0.2) is 24.3 Å². The summed E-state index contributed by atoms with van der Waals surface area (Å²) in [5.74, 6) is -0.266. The summed E-state index contributed by atoms with van der Waals surface area (Å²) in [6.45, 7) is 0. The van der Waals surface area contributed by atoms with Gasteiger partial charge in [0.25, 0.3) is 0 Å². The van der Waals surface area contributed by atoms with Crippen molar-refractivity contribution in [1.82, 2.24) is 0 Å². The second-order valence-corrected chi connectivity index (χ2v) is 6.22. The molecule has 0 radical (unpaired) electrons. The smallest absolute Gasteiger partial charge is 0.212 e. The SMILES string of the molecule is O=S(=O)(Cl)CCCCc1ccc(F)cc1. The molecule has 0 aliphatic heterocycles. The van der Waals surface area contributed by atoms with Gasteiger partial charge in [0.2, 0.25) is 9.05 Å². The molecule has 0 aromatic heterocycles. The molecule has 0 fully saturated rings. The Balaban J connectivity index is 2.29. The highest BCUT2D eigenvalue weighted by Gasteiger charge is 2.04. The van der Waals surface area contributed by atoms with E-state index < -0.39 is 9.05 Å². The normalized spacial score (nSPS) is 11.6. The van der Waals surface area contributed by atoms with Crippen molar-refractivity contribution in [2.24, 2.45) is 0 Å². The number of unbranched alkanes of at least 4 members (excludes halogenated alkanes) is 1. The standard InChI is InChI=1S/C10H12ClFO2S/c11-15(13,14)8-2-1-3-9-4-6-10(12)7-5-9/h4-7H,1-3,8H2. The Morgan fingerprint density at radius 3 is 2.27 bits per heavy atom. The van der Waals surface area contributed by atoms with E-state index in [1.165, 1.54) is 12.1 Å². The molecule has 0 saturated carbocycles.